The highest BCUT2D eigenvalue weighted by Gasteiger charge is 2.18. The molecule has 0 saturated heterocycles. The lowest BCUT2D eigenvalue weighted by molar-refractivity contribution is 0.312. The first-order valence-corrected chi connectivity index (χ1v) is 8.11. The van der Waals surface area contributed by atoms with Crippen molar-refractivity contribution in [2.75, 3.05) is 13.7 Å². The molecule has 2 rings (SSSR count). The molecule has 1 unspecified atom stereocenters. The second-order valence-electron chi connectivity index (χ2n) is 5.13. The van der Waals surface area contributed by atoms with E-state index >= 15 is 0 Å². The second-order valence-corrected chi connectivity index (χ2v) is 5.99. The van der Waals surface area contributed by atoms with Gasteiger partial charge in [0.05, 0.1) is 12.6 Å². The molecule has 0 aliphatic heterocycles. The highest BCUT2D eigenvalue weighted by atomic mass is 79.9. The molecule has 0 aliphatic carbocycles. The number of aryl methyl sites for hydroxylation is 1. The zero-order valence-electron chi connectivity index (χ0n) is 12.8. The van der Waals surface area contributed by atoms with Crippen LogP contribution in [0.1, 0.15) is 36.1 Å². The van der Waals surface area contributed by atoms with Crippen molar-refractivity contribution in [1.82, 2.24) is 5.32 Å². The summed E-state index contributed by atoms with van der Waals surface area (Å²) in [6.07, 6.45) is 1.01. The molecular weight excluding hydrogens is 326 g/mol. The first-order chi connectivity index (χ1) is 10.2. The van der Waals surface area contributed by atoms with Crippen molar-refractivity contribution in [3.63, 3.8) is 0 Å². The average molecular weight is 348 g/mol. The highest BCUT2D eigenvalue weighted by molar-refractivity contribution is 9.10. The quantitative estimate of drug-likeness (QED) is 0.805. The topological polar surface area (TPSA) is 21.3 Å². The average Bonchev–Trinajstić information content (AvgIpc) is 2.50. The van der Waals surface area contributed by atoms with E-state index in [0.717, 1.165) is 23.2 Å². The van der Waals surface area contributed by atoms with E-state index in [-0.39, 0.29) is 6.04 Å². The van der Waals surface area contributed by atoms with Gasteiger partial charge in [-0.2, -0.15) is 0 Å². The van der Waals surface area contributed by atoms with E-state index < -0.39 is 0 Å². The lowest BCUT2D eigenvalue weighted by atomic mass is 9.96. The zero-order chi connectivity index (χ0) is 15.2. The summed E-state index contributed by atoms with van der Waals surface area (Å²) in [6, 6.07) is 14.8. The lowest BCUT2D eigenvalue weighted by Gasteiger charge is -2.22. The number of rotatable bonds is 6. The first-order valence-electron chi connectivity index (χ1n) is 7.32. The van der Waals surface area contributed by atoms with Crippen molar-refractivity contribution in [3.05, 3.63) is 63.6 Å². The van der Waals surface area contributed by atoms with Crippen LogP contribution in [-0.2, 0) is 0 Å². The minimum atomic E-state index is 0.104. The van der Waals surface area contributed by atoms with Crippen LogP contribution in [0.5, 0.6) is 5.75 Å². The van der Waals surface area contributed by atoms with Crippen LogP contribution in [0.15, 0.2) is 46.9 Å². The molecule has 2 aromatic carbocycles. The van der Waals surface area contributed by atoms with Gasteiger partial charge in [0.15, 0.2) is 0 Å². The Kier molecular flexibility index (Phi) is 5.83. The highest BCUT2D eigenvalue weighted by Crippen LogP contribution is 2.34. The van der Waals surface area contributed by atoms with Crippen LogP contribution in [0.2, 0.25) is 0 Å². The van der Waals surface area contributed by atoms with Gasteiger partial charge in [0.2, 0.25) is 0 Å². The Morgan fingerprint density at radius 3 is 2.62 bits per heavy atom. The molecule has 0 spiro atoms. The summed E-state index contributed by atoms with van der Waals surface area (Å²) in [5, 5.41) is 3.41. The van der Waals surface area contributed by atoms with Crippen LogP contribution >= 0.6 is 15.9 Å². The Morgan fingerprint density at radius 1 is 1.14 bits per heavy atom. The maximum atomic E-state index is 5.91. The van der Waals surface area contributed by atoms with Gasteiger partial charge in [0, 0.05) is 10.0 Å². The molecule has 0 aliphatic rings. The molecule has 21 heavy (non-hydrogen) atoms. The lowest BCUT2D eigenvalue weighted by Crippen LogP contribution is -2.19. The maximum absolute atomic E-state index is 5.91. The number of ether oxygens (including phenoxy) is 1. The largest absolute Gasteiger partial charge is 0.493 e. The van der Waals surface area contributed by atoms with Gasteiger partial charge >= 0.3 is 0 Å². The molecular formula is C18H22BrNO. The number of hydrogen-bond donors (Lipinski definition) is 1. The summed E-state index contributed by atoms with van der Waals surface area (Å²) in [6.45, 7) is 4.97. The number of halogens is 1. The summed E-state index contributed by atoms with van der Waals surface area (Å²) in [7, 11) is 1.98. The fourth-order valence-corrected chi connectivity index (χ4v) is 2.90. The molecule has 0 bridgehead atoms. The molecule has 1 atom stereocenters. The van der Waals surface area contributed by atoms with Gasteiger partial charge in [-0.25, -0.2) is 0 Å². The van der Waals surface area contributed by atoms with Crippen molar-refractivity contribution in [1.29, 1.82) is 0 Å². The van der Waals surface area contributed by atoms with Gasteiger partial charge in [-0.15, -0.1) is 0 Å². The number of benzene rings is 2. The van der Waals surface area contributed by atoms with Crippen molar-refractivity contribution in [2.24, 2.45) is 0 Å². The van der Waals surface area contributed by atoms with Gasteiger partial charge in [-0.05, 0) is 38.1 Å². The molecule has 0 fully saturated rings. The third kappa shape index (κ3) is 3.86. The van der Waals surface area contributed by atoms with Crippen LogP contribution in [-0.4, -0.2) is 13.7 Å². The number of para-hydroxylation sites is 1. The molecule has 1 N–H and O–H groups in total. The molecule has 0 heterocycles. The fraction of sp³-hybridized carbons (Fsp3) is 0.333. The van der Waals surface area contributed by atoms with Crippen LogP contribution in [0.3, 0.4) is 0 Å². The Labute approximate surface area is 135 Å². The molecule has 0 radical (unpaired) electrons. The van der Waals surface area contributed by atoms with Gasteiger partial charge in [-0.1, -0.05) is 58.7 Å². The molecule has 112 valence electrons. The summed E-state index contributed by atoms with van der Waals surface area (Å²) >= 11 is 3.67. The van der Waals surface area contributed by atoms with Crippen molar-refractivity contribution < 1.29 is 4.74 Å². The van der Waals surface area contributed by atoms with Gasteiger partial charge in [0.25, 0.3) is 0 Å². The van der Waals surface area contributed by atoms with Crippen LogP contribution < -0.4 is 10.1 Å². The normalized spacial score (nSPS) is 12.2. The van der Waals surface area contributed by atoms with E-state index in [2.05, 4.69) is 65.4 Å². The van der Waals surface area contributed by atoms with Crippen molar-refractivity contribution in [3.8, 4) is 5.75 Å². The Morgan fingerprint density at radius 2 is 1.90 bits per heavy atom. The van der Waals surface area contributed by atoms with E-state index in [0.29, 0.717) is 0 Å². The zero-order valence-corrected chi connectivity index (χ0v) is 14.4. The minimum Gasteiger partial charge on any atom is -0.493 e. The summed E-state index contributed by atoms with van der Waals surface area (Å²) in [5.41, 5.74) is 3.64. The summed E-state index contributed by atoms with van der Waals surface area (Å²) in [4.78, 5) is 0. The Bertz CT molecular complexity index is 598. The minimum absolute atomic E-state index is 0.104. The standard InChI is InChI=1S/C18H22BrNO/c1-4-11-21-17-8-6-5-7-14(17)18(20-3)15-12-13(2)9-10-16(15)19/h5-10,12,18,20H,4,11H2,1-3H3. The molecule has 0 aromatic heterocycles. The third-order valence-electron chi connectivity index (χ3n) is 3.44. The molecule has 2 nitrogen and oxygen atoms in total. The van der Waals surface area contributed by atoms with Crippen LogP contribution in [0, 0.1) is 6.92 Å². The maximum Gasteiger partial charge on any atom is 0.124 e. The van der Waals surface area contributed by atoms with Crippen molar-refractivity contribution in [2.45, 2.75) is 26.3 Å². The predicted octanol–water partition coefficient (Wildman–Crippen LogP) is 4.86. The Balaban J connectivity index is 2.44. The molecule has 3 heteroatoms. The van der Waals surface area contributed by atoms with E-state index in [1.54, 1.807) is 0 Å². The predicted molar refractivity (Wildman–Crippen MR) is 92.0 cm³/mol. The van der Waals surface area contributed by atoms with Gasteiger partial charge in [-0.3, -0.25) is 0 Å². The van der Waals surface area contributed by atoms with E-state index in [1.807, 2.05) is 19.2 Å². The van der Waals surface area contributed by atoms with E-state index in [4.69, 9.17) is 4.74 Å². The summed E-state index contributed by atoms with van der Waals surface area (Å²) < 4.78 is 7.01. The molecule has 0 saturated carbocycles. The van der Waals surface area contributed by atoms with Gasteiger partial charge in [0.1, 0.15) is 5.75 Å². The monoisotopic (exact) mass is 347 g/mol. The number of nitrogens with one attached hydrogen (secondary N) is 1. The Hall–Kier alpha value is -1.32. The second kappa shape index (κ2) is 7.62. The smallest absolute Gasteiger partial charge is 0.124 e. The van der Waals surface area contributed by atoms with E-state index in [1.165, 1.54) is 16.7 Å². The summed E-state index contributed by atoms with van der Waals surface area (Å²) in [5.74, 6) is 0.951. The van der Waals surface area contributed by atoms with E-state index in [9.17, 15) is 0 Å². The third-order valence-corrected chi connectivity index (χ3v) is 4.17. The molecule has 2 aromatic rings. The SMILES string of the molecule is CCCOc1ccccc1C(NC)c1cc(C)ccc1Br. The fourth-order valence-electron chi connectivity index (χ4n) is 2.43. The first kappa shape index (κ1) is 16.1. The number of hydrogen-bond acceptors (Lipinski definition) is 2. The van der Waals surface area contributed by atoms with Crippen LogP contribution in [0.25, 0.3) is 0 Å². The molecule has 0 amide bonds. The van der Waals surface area contributed by atoms with Gasteiger partial charge < -0.3 is 10.1 Å². The van der Waals surface area contributed by atoms with Crippen molar-refractivity contribution >= 4 is 15.9 Å². The van der Waals surface area contributed by atoms with Crippen LogP contribution in [0.4, 0.5) is 0 Å².